The molecule has 16 heavy (non-hydrogen) atoms. The van der Waals surface area contributed by atoms with Gasteiger partial charge in [0.15, 0.2) is 6.29 Å². The van der Waals surface area contributed by atoms with Crippen LogP contribution in [0.4, 0.5) is 5.69 Å². The summed E-state index contributed by atoms with van der Waals surface area (Å²) in [5.41, 5.74) is 2.34. The Morgan fingerprint density at radius 2 is 1.81 bits per heavy atom. The number of hydrogen-bond acceptors (Lipinski definition) is 3. The molecule has 1 aromatic carbocycles. The number of ether oxygens (including phenoxy) is 2. The summed E-state index contributed by atoms with van der Waals surface area (Å²) >= 11 is 0. The molecule has 0 aromatic heterocycles. The zero-order valence-electron chi connectivity index (χ0n) is 9.88. The minimum atomic E-state index is -0.210. The molecule has 0 radical (unpaired) electrons. The summed E-state index contributed by atoms with van der Waals surface area (Å²) in [4.78, 5) is 2.08. The summed E-state index contributed by atoms with van der Waals surface area (Å²) < 4.78 is 10.8. The van der Waals surface area contributed by atoms with Crippen LogP contribution < -0.4 is 4.90 Å². The summed E-state index contributed by atoms with van der Waals surface area (Å²) in [7, 11) is 5.70. The third-order valence-electron chi connectivity index (χ3n) is 2.69. The molecule has 0 amide bonds. The zero-order chi connectivity index (χ0) is 11.5. The molecule has 1 heterocycles. The topological polar surface area (TPSA) is 21.7 Å². The Bertz CT molecular complexity index is 370. The molecule has 2 rings (SSSR count). The second kappa shape index (κ2) is 4.68. The van der Waals surface area contributed by atoms with Crippen molar-refractivity contribution in [2.45, 2.75) is 12.4 Å². The van der Waals surface area contributed by atoms with Crippen LogP contribution in [0, 0.1) is 0 Å². The molecule has 0 bridgehead atoms. The summed E-state index contributed by atoms with van der Waals surface area (Å²) in [6.07, 6.45) is 3.77. The second-order valence-corrected chi connectivity index (χ2v) is 4.03. The number of anilines is 1. The summed E-state index contributed by atoms with van der Waals surface area (Å²) in [5.74, 6) is 0. The molecule has 0 aliphatic carbocycles. The van der Waals surface area contributed by atoms with E-state index in [-0.39, 0.29) is 12.4 Å². The van der Waals surface area contributed by atoms with Gasteiger partial charge in [-0.25, -0.2) is 0 Å². The van der Waals surface area contributed by atoms with Gasteiger partial charge in [0.05, 0.1) is 0 Å². The lowest BCUT2D eigenvalue weighted by Crippen LogP contribution is -2.10. The van der Waals surface area contributed by atoms with E-state index in [9.17, 15) is 0 Å². The molecule has 3 nitrogen and oxygen atoms in total. The zero-order valence-corrected chi connectivity index (χ0v) is 9.88. The standard InChI is InChI=1S/C13H17NO2/c1-14(2)11-6-4-10(5-7-11)12-8-9-13(15-3)16-12/h4-9,12-13H,1-3H3/t12-,13+/m0/s1. The fraction of sp³-hybridized carbons (Fsp3) is 0.385. The van der Waals surface area contributed by atoms with Gasteiger partial charge < -0.3 is 14.4 Å². The van der Waals surface area contributed by atoms with Crippen LogP contribution in [0.15, 0.2) is 36.4 Å². The van der Waals surface area contributed by atoms with Gasteiger partial charge in [0, 0.05) is 26.9 Å². The highest BCUT2D eigenvalue weighted by Crippen LogP contribution is 2.27. The van der Waals surface area contributed by atoms with E-state index in [0.717, 1.165) is 5.56 Å². The first-order valence-corrected chi connectivity index (χ1v) is 5.34. The molecule has 0 saturated heterocycles. The van der Waals surface area contributed by atoms with E-state index in [1.165, 1.54) is 5.69 Å². The second-order valence-electron chi connectivity index (χ2n) is 4.03. The molecular weight excluding hydrogens is 202 g/mol. The number of rotatable bonds is 3. The molecule has 0 saturated carbocycles. The highest BCUT2D eigenvalue weighted by molar-refractivity contribution is 5.46. The Morgan fingerprint density at radius 1 is 1.12 bits per heavy atom. The highest BCUT2D eigenvalue weighted by Gasteiger charge is 2.19. The first-order chi connectivity index (χ1) is 7.70. The van der Waals surface area contributed by atoms with Crippen molar-refractivity contribution < 1.29 is 9.47 Å². The number of nitrogens with zero attached hydrogens (tertiary/aromatic N) is 1. The smallest absolute Gasteiger partial charge is 0.177 e. The Hall–Kier alpha value is -1.32. The maximum absolute atomic E-state index is 5.65. The van der Waals surface area contributed by atoms with Crippen LogP contribution in [-0.4, -0.2) is 27.5 Å². The Kier molecular flexibility index (Phi) is 3.27. The average molecular weight is 219 g/mol. The largest absolute Gasteiger partial charge is 0.378 e. The lowest BCUT2D eigenvalue weighted by atomic mass is 10.1. The maximum atomic E-state index is 5.65. The molecule has 0 N–H and O–H groups in total. The first kappa shape index (κ1) is 11.2. The van der Waals surface area contributed by atoms with Gasteiger partial charge >= 0.3 is 0 Å². The molecule has 1 aliphatic heterocycles. The maximum Gasteiger partial charge on any atom is 0.177 e. The van der Waals surface area contributed by atoms with Crippen molar-refractivity contribution in [3.63, 3.8) is 0 Å². The molecule has 3 heteroatoms. The van der Waals surface area contributed by atoms with Gasteiger partial charge in [-0.05, 0) is 23.8 Å². The van der Waals surface area contributed by atoms with Gasteiger partial charge in [0.25, 0.3) is 0 Å². The number of hydrogen-bond donors (Lipinski definition) is 0. The minimum absolute atomic E-state index is 0.0150. The predicted octanol–water partition coefficient (Wildman–Crippen LogP) is 2.35. The monoisotopic (exact) mass is 219 g/mol. The number of benzene rings is 1. The third-order valence-corrected chi connectivity index (χ3v) is 2.69. The molecule has 86 valence electrons. The van der Waals surface area contributed by atoms with E-state index in [1.807, 2.05) is 26.2 Å². The van der Waals surface area contributed by atoms with Crippen molar-refractivity contribution in [3.05, 3.63) is 42.0 Å². The lowest BCUT2D eigenvalue weighted by Gasteiger charge is -2.16. The molecule has 1 aliphatic rings. The van der Waals surface area contributed by atoms with Crippen molar-refractivity contribution >= 4 is 5.69 Å². The van der Waals surface area contributed by atoms with E-state index >= 15 is 0 Å². The minimum Gasteiger partial charge on any atom is -0.378 e. The first-order valence-electron chi connectivity index (χ1n) is 5.34. The van der Waals surface area contributed by atoms with Crippen molar-refractivity contribution in [2.75, 3.05) is 26.1 Å². The molecule has 1 aromatic rings. The summed E-state index contributed by atoms with van der Waals surface area (Å²) in [5, 5.41) is 0. The quantitative estimate of drug-likeness (QED) is 0.728. The van der Waals surface area contributed by atoms with Crippen molar-refractivity contribution in [2.24, 2.45) is 0 Å². The van der Waals surface area contributed by atoms with E-state index < -0.39 is 0 Å². The van der Waals surface area contributed by atoms with Crippen molar-refractivity contribution in [1.82, 2.24) is 0 Å². The van der Waals surface area contributed by atoms with Crippen LogP contribution in [0.2, 0.25) is 0 Å². The van der Waals surface area contributed by atoms with Gasteiger partial charge in [-0.1, -0.05) is 18.2 Å². The lowest BCUT2D eigenvalue weighted by molar-refractivity contribution is -0.0991. The summed E-state index contributed by atoms with van der Waals surface area (Å²) in [6.45, 7) is 0. The Labute approximate surface area is 96.3 Å². The van der Waals surface area contributed by atoms with E-state index in [1.54, 1.807) is 7.11 Å². The van der Waals surface area contributed by atoms with Gasteiger partial charge in [0.1, 0.15) is 6.10 Å². The normalized spacial score (nSPS) is 23.7. The van der Waals surface area contributed by atoms with Gasteiger partial charge in [-0.15, -0.1) is 0 Å². The Morgan fingerprint density at radius 3 is 2.31 bits per heavy atom. The van der Waals surface area contributed by atoms with Crippen LogP contribution in [0.1, 0.15) is 11.7 Å². The summed E-state index contributed by atoms with van der Waals surface area (Å²) in [6, 6.07) is 8.35. The van der Waals surface area contributed by atoms with E-state index in [0.29, 0.717) is 0 Å². The predicted molar refractivity (Wildman–Crippen MR) is 64.5 cm³/mol. The van der Waals surface area contributed by atoms with Gasteiger partial charge in [-0.3, -0.25) is 0 Å². The molecule has 0 fully saturated rings. The van der Waals surface area contributed by atoms with Crippen LogP contribution >= 0.6 is 0 Å². The van der Waals surface area contributed by atoms with E-state index in [4.69, 9.17) is 9.47 Å². The SMILES string of the molecule is CO[C@H]1C=C[C@@H](c2ccc(N(C)C)cc2)O1. The Balaban J connectivity index is 2.09. The van der Waals surface area contributed by atoms with Gasteiger partial charge in [0.2, 0.25) is 0 Å². The highest BCUT2D eigenvalue weighted by atomic mass is 16.7. The van der Waals surface area contributed by atoms with Crippen LogP contribution in [0.25, 0.3) is 0 Å². The van der Waals surface area contributed by atoms with Crippen LogP contribution in [0.3, 0.4) is 0 Å². The van der Waals surface area contributed by atoms with Crippen LogP contribution in [-0.2, 0) is 9.47 Å². The molecule has 0 spiro atoms. The van der Waals surface area contributed by atoms with Crippen molar-refractivity contribution in [3.8, 4) is 0 Å². The molecule has 0 unspecified atom stereocenters. The van der Waals surface area contributed by atoms with Crippen LogP contribution in [0.5, 0.6) is 0 Å². The van der Waals surface area contributed by atoms with Crippen molar-refractivity contribution in [1.29, 1.82) is 0 Å². The van der Waals surface area contributed by atoms with E-state index in [2.05, 4.69) is 29.2 Å². The average Bonchev–Trinajstić information content (AvgIpc) is 2.77. The number of methoxy groups -OCH3 is 1. The molecular formula is C13H17NO2. The fourth-order valence-corrected chi connectivity index (χ4v) is 1.71. The molecule has 2 atom stereocenters. The third kappa shape index (κ3) is 2.26. The van der Waals surface area contributed by atoms with Gasteiger partial charge in [-0.2, -0.15) is 0 Å². The fourth-order valence-electron chi connectivity index (χ4n) is 1.71.